The highest BCUT2D eigenvalue weighted by Gasteiger charge is 2.23. The number of aliphatic hydroxyl groups excluding tert-OH is 1. The molecule has 1 rings (SSSR count). The molecule has 0 aliphatic carbocycles. The number of nitrogens with one attached hydrogen (secondary N) is 2. The van der Waals surface area contributed by atoms with Crippen LogP contribution in [0.25, 0.3) is 0 Å². The lowest BCUT2D eigenvalue weighted by atomic mass is 9.95. The molecule has 0 aliphatic heterocycles. The zero-order valence-corrected chi connectivity index (χ0v) is 11.6. The number of hydrogen-bond acceptors (Lipinski definition) is 2. The molecule has 0 aliphatic rings. The van der Waals surface area contributed by atoms with Crippen molar-refractivity contribution in [1.29, 1.82) is 0 Å². The molecule has 1 aromatic rings. The van der Waals surface area contributed by atoms with Gasteiger partial charge in [-0.1, -0.05) is 13.0 Å². The standard InChI is InChI=1S/C14H21FN2O2/c1-4-14(3,7-8-18)17-13(19)16-12-9-11(15)6-5-10(12)2/h5-6,9,18H,4,7-8H2,1-3H3,(H2,16,17,19). The van der Waals surface area contributed by atoms with Gasteiger partial charge in [-0.15, -0.1) is 0 Å². The molecule has 19 heavy (non-hydrogen) atoms. The second kappa shape index (κ2) is 6.52. The molecule has 4 nitrogen and oxygen atoms in total. The number of urea groups is 1. The first-order valence-corrected chi connectivity index (χ1v) is 6.36. The molecule has 0 heterocycles. The Morgan fingerprint density at radius 1 is 1.47 bits per heavy atom. The molecule has 2 amide bonds. The maximum atomic E-state index is 13.1. The number of anilines is 1. The highest BCUT2D eigenvalue weighted by molar-refractivity contribution is 5.90. The number of hydrogen-bond donors (Lipinski definition) is 3. The minimum Gasteiger partial charge on any atom is -0.396 e. The number of rotatable bonds is 5. The zero-order valence-electron chi connectivity index (χ0n) is 11.6. The summed E-state index contributed by atoms with van der Waals surface area (Å²) in [5.41, 5.74) is 0.761. The van der Waals surface area contributed by atoms with Gasteiger partial charge in [0.05, 0.1) is 0 Å². The first-order valence-electron chi connectivity index (χ1n) is 6.36. The van der Waals surface area contributed by atoms with Crippen LogP contribution in [-0.4, -0.2) is 23.3 Å². The first-order chi connectivity index (χ1) is 8.90. The van der Waals surface area contributed by atoms with Crippen LogP contribution < -0.4 is 10.6 Å². The molecule has 5 heteroatoms. The van der Waals surface area contributed by atoms with E-state index in [0.717, 1.165) is 5.56 Å². The molecule has 0 fully saturated rings. The van der Waals surface area contributed by atoms with Gasteiger partial charge in [0.2, 0.25) is 0 Å². The van der Waals surface area contributed by atoms with Gasteiger partial charge in [0, 0.05) is 17.8 Å². The monoisotopic (exact) mass is 268 g/mol. The molecule has 0 radical (unpaired) electrons. The van der Waals surface area contributed by atoms with E-state index in [1.165, 1.54) is 12.1 Å². The summed E-state index contributed by atoms with van der Waals surface area (Å²) < 4.78 is 13.1. The largest absolute Gasteiger partial charge is 0.396 e. The van der Waals surface area contributed by atoms with Crippen molar-refractivity contribution in [1.82, 2.24) is 5.32 Å². The quantitative estimate of drug-likeness (QED) is 0.769. The predicted octanol–water partition coefficient (Wildman–Crippen LogP) is 2.81. The molecule has 1 aromatic carbocycles. The van der Waals surface area contributed by atoms with Gasteiger partial charge in [-0.25, -0.2) is 9.18 Å². The fraction of sp³-hybridized carbons (Fsp3) is 0.500. The van der Waals surface area contributed by atoms with Crippen LogP contribution in [0.3, 0.4) is 0 Å². The molecule has 3 N–H and O–H groups in total. The van der Waals surface area contributed by atoms with E-state index >= 15 is 0 Å². The van der Waals surface area contributed by atoms with E-state index in [1.54, 1.807) is 13.0 Å². The van der Waals surface area contributed by atoms with Crippen LogP contribution in [0.5, 0.6) is 0 Å². The normalized spacial score (nSPS) is 13.7. The molecule has 1 unspecified atom stereocenters. The summed E-state index contributed by atoms with van der Waals surface area (Å²) in [6.07, 6.45) is 1.17. The van der Waals surface area contributed by atoms with Crippen molar-refractivity contribution in [2.45, 2.75) is 39.2 Å². The molecule has 0 saturated heterocycles. The number of benzene rings is 1. The van der Waals surface area contributed by atoms with Crippen molar-refractivity contribution in [2.24, 2.45) is 0 Å². The van der Waals surface area contributed by atoms with Crippen molar-refractivity contribution in [3.05, 3.63) is 29.6 Å². The lowest BCUT2D eigenvalue weighted by Gasteiger charge is -2.29. The minimum atomic E-state index is -0.472. The first kappa shape index (κ1) is 15.4. The van der Waals surface area contributed by atoms with Crippen molar-refractivity contribution in [2.75, 3.05) is 11.9 Å². The van der Waals surface area contributed by atoms with Gasteiger partial charge in [-0.05, 0) is 44.4 Å². The lowest BCUT2D eigenvalue weighted by molar-refractivity contribution is 0.208. The Morgan fingerprint density at radius 2 is 2.16 bits per heavy atom. The Labute approximate surface area is 113 Å². The average molecular weight is 268 g/mol. The third-order valence-corrected chi connectivity index (χ3v) is 3.31. The summed E-state index contributed by atoms with van der Waals surface area (Å²) in [6, 6.07) is 3.84. The Hall–Kier alpha value is -1.62. The molecular weight excluding hydrogens is 247 g/mol. The summed E-state index contributed by atoms with van der Waals surface area (Å²) in [5, 5.41) is 14.4. The molecular formula is C14H21FN2O2. The highest BCUT2D eigenvalue weighted by Crippen LogP contribution is 2.17. The third-order valence-electron chi connectivity index (χ3n) is 3.31. The maximum Gasteiger partial charge on any atom is 0.319 e. The average Bonchev–Trinajstić information content (AvgIpc) is 2.34. The Bertz CT molecular complexity index is 451. The topological polar surface area (TPSA) is 61.4 Å². The van der Waals surface area contributed by atoms with E-state index in [4.69, 9.17) is 5.11 Å². The van der Waals surface area contributed by atoms with Gasteiger partial charge in [0.15, 0.2) is 0 Å². The SMILES string of the molecule is CCC(C)(CCO)NC(=O)Nc1cc(F)ccc1C. The van der Waals surface area contributed by atoms with Crippen LogP contribution in [0, 0.1) is 12.7 Å². The smallest absolute Gasteiger partial charge is 0.319 e. The maximum absolute atomic E-state index is 13.1. The van der Waals surface area contributed by atoms with Crippen molar-refractivity contribution in [3.63, 3.8) is 0 Å². The van der Waals surface area contributed by atoms with Crippen LogP contribution in [0.15, 0.2) is 18.2 Å². The second-order valence-corrected chi connectivity index (χ2v) is 4.93. The molecule has 0 saturated carbocycles. The van der Waals surface area contributed by atoms with E-state index in [9.17, 15) is 9.18 Å². The number of carbonyl (C=O) groups is 1. The van der Waals surface area contributed by atoms with E-state index in [0.29, 0.717) is 18.5 Å². The van der Waals surface area contributed by atoms with Gasteiger partial charge >= 0.3 is 6.03 Å². The van der Waals surface area contributed by atoms with E-state index in [2.05, 4.69) is 10.6 Å². The number of carbonyl (C=O) groups excluding carboxylic acids is 1. The second-order valence-electron chi connectivity index (χ2n) is 4.93. The number of aryl methyl sites for hydroxylation is 1. The molecule has 0 bridgehead atoms. The van der Waals surface area contributed by atoms with Gasteiger partial charge < -0.3 is 15.7 Å². The minimum absolute atomic E-state index is 0.00358. The van der Waals surface area contributed by atoms with Crippen LogP contribution in [0.4, 0.5) is 14.9 Å². The Kier molecular flexibility index (Phi) is 5.30. The summed E-state index contributed by atoms with van der Waals surface area (Å²) in [4.78, 5) is 11.9. The molecule has 0 spiro atoms. The fourth-order valence-corrected chi connectivity index (χ4v) is 1.73. The number of aliphatic hydroxyl groups is 1. The van der Waals surface area contributed by atoms with E-state index in [1.807, 2.05) is 13.8 Å². The number of amides is 2. The van der Waals surface area contributed by atoms with E-state index < -0.39 is 17.4 Å². The molecule has 1 atom stereocenters. The zero-order chi connectivity index (χ0) is 14.5. The van der Waals surface area contributed by atoms with Crippen molar-refractivity contribution < 1.29 is 14.3 Å². The van der Waals surface area contributed by atoms with Crippen molar-refractivity contribution >= 4 is 11.7 Å². The number of halogens is 1. The van der Waals surface area contributed by atoms with E-state index in [-0.39, 0.29) is 6.61 Å². The van der Waals surface area contributed by atoms with Gasteiger partial charge in [0.1, 0.15) is 5.82 Å². The summed E-state index contributed by atoms with van der Waals surface area (Å²) in [5.74, 6) is -0.394. The highest BCUT2D eigenvalue weighted by atomic mass is 19.1. The van der Waals surface area contributed by atoms with Gasteiger partial charge in [0.25, 0.3) is 0 Å². The van der Waals surface area contributed by atoms with Gasteiger partial charge in [-0.3, -0.25) is 0 Å². The van der Waals surface area contributed by atoms with Crippen LogP contribution >= 0.6 is 0 Å². The van der Waals surface area contributed by atoms with Crippen LogP contribution in [0.2, 0.25) is 0 Å². The van der Waals surface area contributed by atoms with Crippen molar-refractivity contribution in [3.8, 4) is 0 Å². The summed E-state index contributed by atoms with van der Waals surface area (Å²) in [6.45, 7) is 5.59. The predicted molar refractivity (Wildman–Crippen MR) is 73.7 cm³/mol. The lowest BCUT2D eigenvalue weighted by Crippen LogP contribution is -2.48. The molecule has 0 aromatic heterocycles. The summed E-state index contributed by atoms with van der Waals surface area (Å²) in [7, 11) is 0. The van der Waals surface area contributed by atoms with Crippen LogP contribution in [0.1, 0.15) is 32.3 Å². The van der Waals surface area contributed by atoms with Crippen LogP contribution in [-0.2, 0) is 0 Å². The van der Waals surface area contributed by atoms with Gasteiger partial charge in [-0.2, -0.15) is 0 Å². The third kappa shape index (κ3) is 4.52. The fourth-order valence-electron chi connectivity index (χ4n) is 1.73. The Balaban J connectivity index is 2.72. The molecule has 106 valence electrons. The Morgan fingerprint density at radius 3 is 2.74 bits per heavy atom. The summed E-state index contributed by atoms with van der Waals surface area (Å²) >= 11 is 0.